The molecular weight excluding hydrogens is 540 g/mol. The van der Waals surface area contributed by atoms with Gasteiger partial charge in [0, 0.05) is 41.6 Å². The molecule has 0 aliphatic heterocycles. The number of aromatic nitrogens is 2. The summed E-state index contributed by atoms with van der Waals surface area (Å²) >= 11 is 6.17. The minimum atomic E-state index is -3.98. The molecule has 0 bridgehead atoms. The largest absolute Gasteiger partial charge is 0.457 e. The van der Waals surface area contributed by atoms with Gasteiger partial charge in [0.05, 0.1) is 16.0 Å². The molecule has 0 atom stereocenters. The van der Waals surface area contributed by atoms with Crippen molar-refractivity contribution in [1.29, 1.82) is 0 Å². The SMILES string of the molecule is CNC(=O)c1cc(Oc2ccc(NC(=O)c3cn(S(=O)(=O)c4ccccc4)c4cc(Cl)ccc34)cc2)ccn1. The highest BCUT2D eigenvalue weighted by Gasteiger charge is 2.24. The van der Waals surface area contributed by atoms with Crippen LogP contribution in [0.4, 0.5) is 5.69 Å². The van der Waals surface area contributed by atoms with Crippen molar-refractivity contribution in [1.82, 2.24) is 14.3 Å². The normalized spacial score (nSPS) is 11.2. The van der Waals surface area contributed by atoms with E-state index < -0.39 is 15.9 Å². The fraction of sp³-hybridized carbons (Fsp3) is 0.0357. The maximum absolute atomic E-state index is 13.4. The molecule has 5 rings (SSSR count). The maximum Gasteiger partial charge on any atom is 0.269 e. The number of ether oxygens (including phenoxy) is 1. The number of hydrogen-bond acceptors (Lipinski definition) is 6. The zero-order valence-electron chi connectivity index (χ0n) is 20.5. The van der Waals surface area contributed by atoms with E-state index in [1.54, 1.807) is 60.7 Å². The van der Waals surface area contributed by atoms with Crippen LogP contribution in [0.3, 0.4) is 0 Å². The van der Waals surface area contributed by atoms with E-state index in [9.17, 15) is 18.0 Å². The molecule has 0 aliphatic carbocycles. The standard InChI is InChI=1S/C28H21ClN4O5S/c1-30-28(35)25-16-21(13-14-31-25)38-20-10-8-19(9-11-20)32-27(34)24-17-33(26-15-18(29)7-12-23(24)26)39(36,37)22-5-3-2-4-6-22/h2-17H,1H3,(H,30,35)(H,32,34). The fourth-order valence-corrected chi connectivity index (χ4v) is 5.47. The third kappa shape index (κ3) is 5.33. The zero-order chi connectivity index (χ0) is 27.6. The van der Waals surface area contributed by atoms with Gasteiger partial charge in [-0.05, 0) is 54.6 Å². The Balaban J connectivity index is 1.40. The molecule has 0 saturated carbocycles. The van der Waals surface area contributed by atoms with Gasteiger partial charge in [-0.2, -0.15) is 0 Å². The number of halogens is 1. The number of benzene rings is 3. The summed E-state index contributed by atoms with van der Waals surface area (Å²) in [6.07, 6.45) is 2.76. The Morgan fingerprint density at radius 3 is 2.36 bits per heavy atom. The molecule has 0 fully saturated rings. The van der Waals surface area contributed by atoms with Gasteiger partial charge in [-0.15, -0.1) is 0 Å². The Labute approximate surface area is 229 Å². The van der Waals surface area contributed by atoms with Crippen molar-refractivity contribution in [3.8, 4) is 11.5 Å². The van der Waals surface area contributed by atoms with Crippen molar-refractivity contribution in [3.63, 3.8) is 0 Å². The molecule has 196 valence electrons. The summed E-state index contributed by atoms with van der Waals surface area (Å²) in [6.45, 7) is 0. The number of anilines is 1. The molecule has 2 amide bonds. The van der Waals surface area contributed by atoms with E-state index in [1.807, 2.05) is 0 Å². The number of amides is 2. The number of nitrogens with one attached hydrogen (secondary N) is 2. The maximum atomic E-state index is 13.4. The summed E-state index contributed by atoms with van der Waals surface area (Å²) in [7, 11) is -2.47. The molecule has 0 unspecified atom stereocenters. The fourth-order valence-electron chi connectivity index (χ4n) is 3.92. The first kappa shape index (κ1) is 26.0. The minimum absolute atomic E-state index is 0.0843. The molecule has 2 heterocycles. The third-order valence-corrected chi connectivity index (χ3v) is 7.74. The molecule has 0 spiro atoms. The van der Waals surface area contributed by atoms with Gasteiger partial charge in [-0.3, -0.25) is 14.6 Å². The van der Waals surface area contributed by atoms with E-state index in [4.69, 9.17) is 16.3 Å². The lowest BCUT2D eigenvalue weighted by atomic mass is 10.1. The highest BCUT2D eigenvalue weighted by Crippen LogP contribution is 2.30. The number of nitrogens with zero attached hydrogens (tertiary/aromatic N) is 2. The predicted molar refractivity (Wildman–Crippen MR) is 148 cm³/mol. The molecule has 0 aliphatic rings. The smallest absolute Gasteiger partial charge is 0.269 e. The van der Waals surface area contributed by atoms with Crippen LogP contribution in [-0.4, -0.2) is 36.2 Å². The molecule has 3 aromatic carbocycles. The second-order valence-corrected chi connectivity index (χ2v) is 10.6. The Morgan fingerprint density at radius 2 is 1.64 bits per heavy atom. The van der Waals surface area contributed by atoms with E-state index in [0.717, 1.165) is 3.97 Å². The molecule has 2 aromatic heterocycles. The van der Waals surface area contributed by atoms with Crippen LogP contribution >= 0.6 is 11.6 Å². The third-order valence-electron chi connectivity index (χ3n) is 5.82. The van der Waals surface area contributed by atoms with E-state index in [1.165, 1.54) is 43.7 Å². The van der Waals surface area contributed by atoms with Crippen molar-refractivity contribution >= 4 is 50.0 Å². The van der Waals surface area contributed by atoms with Crippen molar-refractivity contribution in [2.75, 3.05) is 12.4 Å². The van der Waals surface area contributed by atoms with Gasteiger partial charge in [0.25, 0.3) is 21.8 Å². The first-order valence-electron chi connectivity index (χ1n) is 11.6. The van der Waals surface area contributed by atoms with E-state index >= 15 is 0 Å². The predicted octanol–water partition coefficient (Wildman–Crippen LogP) is 5.33. The lowest BCUT2D eigenvalue weighted by Crippen LogP contribution is -2.18. The highest BCUT2D eigenvalue weighted by molar-refractivity contribution is 7.90. The van der Waals surface area contributed by atoms with E-state index in [-0.39, 0.29) is 27.6 Å². The molecule has 0 radical (unpaired) electrons. The first-order valence-corrected chi connectivity index (χ1v) is 13.5. The van der Waals surface area contributed by atoms with Crippen LogP contribution in [0.5, 0.6) is 11.5 Å². The van der Waals surface area contributed by atoms with E-state index in [0.29, 0.717) is 27.6 Å². The van der Waals surface area contributed by atoms with Gasteiger partial charge in [0.2, 0.25) is 0 Å². The van der Waals surface area contributed by atoms with Gasteiger partial charge in [-0.25, -0.2) is 12.4 Å². The molecule has 0 saturated heterocycles. The Hall–Kier alpha value is -4.67. The topological polar surface area (TPSA) is 119 Å². The van der Waals surface area contributed by atoms with Crippen molar-refractivity contribution < 1.29 is 22.7 Å². The number of rotatable bonds is 7. The van der Waals surface area contributed by atoms with Crippen LogP contribution in [0.2, 0.25) is 5.02 Å². The molecule has 9 nitrogen and oxygen atoms in total. The quantitative estimate of drug-likeness (QED) is 0.278. The number of carbonyl (C=O) groups is 2. The lowest BCUT2D eigenvalue weighted by Gasteiger charge is -2.09. The van der Waals surface area contributed by atoms with Crippen LogP contribution in [0, 0.1) is 0 Å². The Bertz CT molecular complexity index is 1800. The van der Waals surface area contributed by atoms with Crippen LogP contribution in [-0.2, 0) is 10.0 Å². The Morgan fingerprint density at radius 1 is 0.897 bits per heavy atom. The number of carbonyl (C=O) groups excluding carboxylic acids is 2. The van der Waals surface area contributed by atoms with Gasteiger partial charge in [0.15, 0.2) is 0 Å². The molecular formula is C28H21ClN4O5S. The summed E-state index contributed by atoms with van der Waals surface area (Å²) in [6, 6.07) is 22.4. The highest BCUT2D eigenvalue weighted by atomic mass is 35.5. The lowest BCUT2D eigenvalue weighted by molar-refractivity contribution is 0.0957. The van der Waals surface area contributed by atoms with Gasteiger partial charge in [-0.1, -0.05) is 35.9 Å². The number of hydrogen-bond donors (Lipinski definition) is 2. The minimum Gasteiger partial charge on any atom is -0.457 e. The number of fused-ring (bicyclic) bond motifs is 1. The van der Waals surface area contributed by atoms with Gasteiger partial charge >= 0.3 is 0 Å². The monoisotopic (exact) mass is 560 g/mol. The van der Waals surface area contributed by atoms with Gasteiger partial charge < -0.3 is 15.4 Å². The molecule has 2 N–H and O–H groups in total. The summed E-state index contributed by atoms with van der Waals surface area (Å²) in [5.41, 5.74) is 1.14. The summed E-state index contributed by atoms with van der Waals surface area (Å²) < 4.78 is 33.6. The first-order chi connectivity index (χ1) is 18.8. The zero-order valence-corrected chi connectivity index (χ0v) is 22.0. The van der Waals surface area contributed by atoms with Crippen LogP contribution in [0.1, 0.15) is 20.8 Å². The average molecular weight is 561 g/mol. The second-order valence-electron chi connectivity index (χ2n) is 8.35. The van der Waals surface area contributed by atoms with Crippen molar-refractivity contribution in [2.24, 2.45) is 0 Å². The molecule has 39 heavy (non-hydrogen) atoms. The van der Waals surface area contributed by atoms with Gasteiger partial charge in [0.1, 0.15) is 17.2 Å². The number of pyridine rings is 1. The summed E-state index contributed by atoms with van der Waals surface area (Å²) in [4.78, 5) is 29.2. The second kappa shape index (κ2) is 10.6. The summed E-state index contributed by atoms with van der Waals surface area (Å²) in [5, 5.41) is 6.07. The summed E-state index contributed by atoms with van der Waals surface area (Å²) in [5.74, 6) is 0.0646. The molecule has 11 heteroatoms. The van der Waals surface area contributed by atoms with E-state index in [2.05, 4.69) is 15.6 Å². The average Bonchev–Trinajstić information content (AvgIpc) is 3.34. The van der Waals surface area contributed by atoms with Crippen LogP contribution < -0.4 is 15.4 Å². The van der Waals surface area contributed by atoms with Crippen molar-refractivity contribution in [2.45, 2.75) is 4.90 Å². The van der Waals surface area contributed by atoms with Crippen LogP contribution in [0.25, 0.3) is 10.9 Å². The van der Waals surface area contributed by atoms with Crippen molar-refractivity contribution in [3.05, 3.63) is 114 Å². The molecule has 5 aromatic rings. The van der Waals surface area contributed by atoms with Crippen LogP contribution in [0.15, 0.2) is 102 Å². The Kier molecular flexibility index (Phi) is 7.05.